The van der Waals surface area contributed by atoms with Gasteiger partial charge in [-0.15, -0.1) is 0 Å². The molecular weight excluding hydrogens is 294 g/mol. The number of hydrogen-bond donors (Lipinski definition) is 2. The lowest BCUT2D eigenvalue weighted by Crippen LogP contribution is -2.48. The van der Waals surface area contributed by atoms with Crippen LogP contribution in [0.1, 0.15) is 16.7 Å². The summed E-state index contributed by atoms with van der Waals surface area (Å²) >= 11 is 0. The quantitative estimate of drug-likeness (QED) is 0.870. The fourth-order valence-corrected chi connectivity index (χ4v) is 3.47. The molecule has 0 saturated carbocycles. The Hall–Kier alpha value is -2.22. The van der Waals surface area contributed by atoms with Gasteiger partial charge >= 0.3 is 6.03 Å². The van der Waals surface area contributed by atoms with Crippen molar-refractivity contribution < 1.29 is 18.0 Å². The van der Waals surface area contributed by atoms with Gasteiger partial charge in [0.25, 0.3) is 5.91 Å². The number of hydrogen-bond acceptors (Lipinski definition) is 4. The molecule has 2 rings (SSSR count). The number of sulfonamides is 1. The third kappa shape index (κ3) is 3.10. The molecule has 0 fully saturated rings. The second-order valence-corrected chi connectivity index (χ2v) is 6.72. The zero-order valence-electron chi connectivity index (χ0n) is 11.8. The van der Waals surface area contributed by atoms with E-state index in [1.807, 2.05) is 24.4 Å². The Morgan fingerprint density at radius 2 is 1.71 bits per heavy atom. The van der Waals surface area contributed by atoms with E-state index >= 15 is 0 Å². The summed E-state index contributed by atoms with van der Waals surface area (Å²) in [6.45, 7) is 5.46. The third-order valence-corrected chi connectivity index (χ3v) is 4.56. The molecule has 0 bridgehead atoms. The van der Waals surface area contributed by atoms with Crippen LogP contribution in [0, 0.1) is 20.8 Å². The van der Waals surface area contributed by atoms with Gasteiger partial charge in [-0.25, -0.2) is 18.2 Å². The predicted octanol–water partition coefficient (Wildman–Crippen LogP) is 1.04. The first-order chi connectivity index (χ1) is 9.70. The molecule has 112 valence electrons. The fourth-order valence-electron chi connectivity index (χ4n) is 2.18. The van der Waals surface area contributed by atoms with Crippen molar-refractivity contribution >= 4 is 33.9 Å². The van der Waals surface area contributed by atoms with Crippen molar-refractivity contribution in [2.75, 3.05) is 4.72 Å². The largest absolute Gasteiger partial charge is 0.347 e. The fraction of sp³-hybridized carbons (Fsp3) is 0.308. The van der Waals surface area contributed by atoms with Crippen LogP contribution in [-0.4, -0.2) is 31.8 Å². The summed E-state index contributed by atoms with van der Waals surface area (Å²) in [5.74, 6) is -0.912. The molecule has 0 aliphatic carbocycles. The number of rotatable bonds is 3. The van der Waals surface area contributed by atoms with E-state index in [4.69, 9.17) is 0 Å². The number of amides is 3. The number of imide groups is 1. The Morgan fingerprint density at radius 1 is 1.14 bits per heavy atom. The average molecular weight is 309 g/mol. The number of urea groups is 1. The van der Waals surface area contributed by atoms with Gasteiger partial charge in [-0.05, 0) is 31.9 Å². The maximum Gasteiger partial charge on any atom is 0.347 e. The minimum absolute atomic E-state index is 0.429. The van der Waals surface area contributed by atoms with Crippen molar-refractivity contribution in [1.82, 2.24) is 5.32 Å². The molecule has 1 aliphatic heterocycles. The van der Waals surface area contributed by atoms with E-state index in [-0.39, 0.29) is 0 Å². The number of carbonyl (C=O) groups is 2. The van der Waals surface area contributed by atoms with E-state index in [1.54, 1.807) is 13.8 Å². The van der Waals surface area contributed by atoms with Crippen molar-refractivity contribution in [2.24, 2.45) is 4.99 Å². The highest BCUT2D eigenvalue weighted by molar-refractivity contribution is 7.94. The van der Waals surface area contributed by atoms with E-state index in [2.05, 4.69) is 9.71 Å². The number of aliphatic imine (C=N–C) groups is 1. The number of aryl methyl sites for hydroxylation is 3. The summed E-state index contributed by atoms with van der Waals surface area (Å²) in [6.07, 6.45) is 0.836. The molecule has 0 saturated heterocycles. The molecule has 1 aromatic carbocycles. The van der Waals surface area contributed by atoms with Crippen LogP contribution >= 0.6 is 0 Å². The lowest BCUT2D eigenvalue weighted by atomic mass is 10.1. The summed E-state index contributed by atoms with van der Waals surface area (Å²) in [5, 5.41) is 0.333. The third-order valence-electron chi connectivity index (χ3n) is 3.07. The number of carbonyl (C=O) groups excluding carboxylic acids is 2. The Balaban J connectivity index is 2.37. The molecule has 1 aromatic rings. The minimum Gasteiger partial charge on any atom is -0.282 e. The second-order valence-electron chi connectivity index (χ2n) is 4.91. The molecular formula is C13H15N3O4S. The molecule has 0 spiro atoms. The first-order valence-corrected chi connectivity index (χ1v) is 7.74. The van der Waals surface area contributed by atoms with Crippen LogP contribution in [0.25, 0.3) is 0 Å². The van der Waals surface area contributed by atoms with Crippen molar-refractivity contribution in [1.29, 1.82) is 0 Å². The van der Waals surface area contributed by atoms with E-state index in [9.17, 15) is 18.0 Å². The highest BCUT2D eigenvalue weighted by Crippen LogP contribution is 2.24. The molecule has 1 aliphatic rings. The minimum atomic E-state index is -4.03. The lowest BCUT2D eigenvalue weighted by Gasteiger charge is -2.19. The van der Waals surface area contributed by atoms with Gasteiger partial charge in [-0.3, -0.25) is 14.8 Å². The van der Waals surface area contributed by atoms with E-state index in [0.717, 1.165) is 22.9 Å². The number of nitrogens with one attached hydrogen (secondary N) is 2. The Bertz CT molecular complexity index is 730. The van der Waals surface area contributed by atoms with Gasteiger partial charge in [0.2, 0.25) is 10.0 Å². The Labute approximate surface area is 122 Å². The average Bonchev–Trinajstić information content (AvgIpc) is 2.33. The SMILES string of the molecule is Cc1cc(C)c(NS(=O)(=O)C2C=NC(=O)NC2=O)c(C)c1. The van der Waals surface area contributed by atoms with Crippen LogP contribution in [0.5, 0.6) is 0 Å². The van der Waals surface area contributed by atoms with Gasteiger partial charge in [-0.2, -0.15) is 0 Å². The molecule has 2 N–H and O–H groups in total. The van der Waals surface area contributed by atoms with E-state index < -0.39 is 27.2 Å². The summed E-state index contributed by atoms with van der Waals surface area (Å²) in [7, 11) is -4.03. The van der Waals surface area contributed by atoms with Crippen LogP contribution in [0.4, 0.5) is 10.5 Å². The number of nitrogens with zero attached hydrogens (tertiary/aromatic N) is 1. The van der Waals surface area contributed by atoms with Crippen LogP contribution in [0.15, 0.2) is 17.1 Å². The molecule has 21 heavy (non-hydrogen) atoms. The van der Waals surface area contributed by atoms with Gasteiger partial charge in [-0.1, -0.05) is 17.7 Å². The van der Waals surface area contributed by atoms with Gasteiger partial charge in [0.15, 0.2) is 5.25 Å². The van der Waals surface area contributed by atoms with Crippen LogP contribution in [0.3, 0.4) is 0 Å². The number of anilines is 1. The summed E-state index contributed by atoms with van der Waals surface area (Å²) in [4.78, 5) is 25.8. The van der Waals surface area contributed by atoms with Crippen LogP contribution < -0.4 is 10.0 Å². The molecule has 1 atom stereocenters. The topological polar surface area (TPSA) is 105 Å². The number of benzene rings is 1. The highest BCUT2D eigenvalue weighted by Gasteiger charge is 2.35. The van der Waals surface area contributed by atoms with Gasteiger partial charge in [0.1, 0.15) is 0 Å². The van der Waals surface area contributed by atoms with Crippen LogP contribution in [-0.2, 0) is 14.8 Å². The van der Waals surface area contributed by atoms with Crippen molar-refractivity contribution in [3.8, 4) is 0 Å². The summed E-state index contributed by atoms with van der Waals surface area (Å²) in [6, 6.07) is 2.81. The standard InChI is InChI=1S/C13H15N3O4S/c1-7-4-8(2)11(9(3)5-7)16-21(19,20)10-6-14-13(18)15-12(10)17/h4-6,10,16H,1-3H3,(H,15,17,18). The van der Waals surface area contributed by atoms with Gasteiger partial charge < -0.3 is 0 Å². The first kappa shape index (κ1) is 15.2. The van der Waals surface area contributed by atoms with E-state index in [0.29, 0.717) is 5.69 Å². The van der Waals surface area contributed by atoms with Crippen molar-refractivity contribution in [3.63, 3.8) is 0 Å². The first-order valence-electron chi connectivity index (χ1n) is 6.19. The molecule has 1 heterocycles. The normalized spacial score (nSPS) is 18.5. The summed E-state index contributed by atoms with van der Waals surface area (Å²) in [5.41, 5.74) is 2.94. The maximum absolute atomic E-state index is 12.3. The molecule has 1 unspecified atom stereocenters. The Morgan fingerprint density at radius 3 is 2.24 bits per heavy atom. The summed E-state index contributed by atoms with van der Waals surface area (Å²) < 4.78 is 27.0. The monoisotopic (exact) mass is 309 g/mol. The zero-order chi connectivity index (χ0) is 15.8. The molecule has 0 aromatic heterocycles. The van der Waals surface area contributed by atoms with Crippen molar-refractivity contribution in [2.45, 2.75) is 26.0 Å². The smallest absolute Gasteiger partial charge is 0.282 e. The zero-order valence-corrected chi connectivity index (χ0v) is 12.6. The molecule has 0 radical (unpaired) electrons. The maximum atomic E-state index is 12.3. The molecule has 7 nitrogen and oxygen atoms in total. The van der Waals surface area contributed by atoms with Gasteiger partial charge in [0.05, 0.1) is 5.69 Å². The highest BCUT2D eigenvalue weighted by atomic mass is 32.2. The van der Waals surface area contributed by atoms with E-state index in [1.165, 1.54) is 0 Å². The molecule has 8 heteroatoms. The second kappa shape index (κ2) is 5.28. The Kier molecular flexibility index (Phi) is 3.82. The van der Waals surface area contributed by atoms with Crippen LogP contribution in [0.2, 0.25) is 0 Å². The lowest BCUT2D eigenvalue weighted by molar-refractivity contribution is -0.118. The predicted molar refractivity (Wildman–Crippen MR) is 79.0 cm³/mol. The van der Waals surface area contributed by atoms with Crippen molar-refractivity contribution in [3.05, 3.63) is 28.8 Å². The van der Waals surface area contributed by atoms with Gasteiger partial charge in [0, 0.05) is 6.21 Å². The molecule has 3 amide bonds.